The molecule has 0 radical (unpaired) electrons. The van der Waals surface area contributed by atoms with Gasteiger partial charge in [-0.15, -0.1) is 0 Å². The number of benzene rings is 3. The summed E-state index contributed by atoms with van der Waals surface area (Å²) in [5, 5.41) is 15.5. The second-order valence-electron chi connectivity index (χ2n) is 16.4. The lowest BCUT2D eigenvalue weighted by molar-refractivity contribution is -0.133. The number of nitriles is 1. The number of rotatable bonds is 11. The number of nitrogens with zero attached hydrogens (tertiary/aromatic N) is 5. The van der Waals surface area contributed by atoms with Crippen LogP contribution in [0.3, 0.4) is 0 Å². The van der Waals surface area contributed by atoms with Crippen LogP contribution in [0.1, 0.15) is 87.8 Å². The van der Waals surface area contributed by atoms with Gasteiger partial charge in [0.15, 0.2) is 11.6 Å². The highest BCUT2D eigenvalue weighted by Gasteiger charge is 2.45. The first-order chi connectivity index (χ1) is 29.3. The van der Waals surface area contributed by atoms with Crippen LogP contribution < -0.4 is 25.7 Å². The van der Waals surface area contributed by atoms with Crippen LogP contribution in [0.5, 0.6) is 11.5 Å². The number of carbonyl (C=O) groups excluding carboxylic acids is 2. The molecule has 1 saturated carbocycles. The van der Waals surface area contributed by atoms with Gasteiger partial charge in [0.2, 0.25) is 11.8 Å². The van der Waals surface area contributed by atoms with E-state index in [1.54, 1.807) is 17.6 Å². The molecule has 1 spiro atoms. The van der Waals surface area contributed by atoms with E-state index in [-0.39, 0.29) is 70.2 Å². The molecule has 4 heterocycles. The number of anilines is 2. The quantitative estimate of drug-likeness (QED) is 0.157. The highest BCUT2D eigenvalue weighted by molar-refractivity contribution is 7.90. The first kappa shape index (κ1) is 42.2. The van der Waals surface area contributed by atoms with Crippen LogP contribution in [0.15, 0.2) is 59.7 Å². The second-order valence-corrected chi connectivity index (χ2v) is 18.2. The molecule has 4 aromatic rings. The predicted octanol–water partition coefficient (Wildman–Crippen LogP) is 5.69. The third-order valence-electron chi connectivity index (χ3n) is 12.8. The van der Waals surface area contributed by atoms with Crippen LogP contribution in [-0.2, 0) is 24.5 Å². The van der Waals surface area contributed by atoms with Crippen molar-refractivity contribution >= 4 is 44.3 Å². The molecule has 61 heavy (non-hydrogen) atoms. The number of imide groups is 1. The number of halogens is 2. The van der Waals surface area contributed by atoms with Crippen molar-refractivity contribution in [3.8, 4) is 17.6 Å². The number of aromatic nitrogens is 2. The van der Waals surface area contributed by atoms with E-state index < -0.39 is 33.7 Å². The summed E-state index contributed by atoms with van der Waals surface area (Å²) in [5.74, 6) is -2.19. The Morgan fingerprint density at radius 3 is 2.49 bits per heavy atom. The number of nitrogens with one attached hydrogen (secondary N) is 3. The van der Waals surface area contributed by atoms with Gasteiger partial charge in [0.1, 0.15) is 29.2 Å². The maximum absolute atomic E-state index is 15.4. The third-order valence-corrected chi connectivity index (χ3v) is 14.4. The minimum absolute atomic E-state index is 0.0631. The molecule has 8 rings (SSSR count). The van der Waals surface area contributed by atoms with Gasteiger partial charge in [-0.25, -0.2) is 13.8 Å². The molecule has 2 amide bonds. The smallest absolute Gasteiger partial charge is 0.301 e. The fourth-order valence-electron chi connectivity index (χ4n) is 9.17. The van der Waals surface area contributed by atoms with Crippen molar-refractivity contribution in [1.82, 2.24) is 24.1 Å². The van der Waals surface area contributed by atoms with Gasteiger partial charge in [0, 0.05) is 44.8 Å². The standard InChI is InChI=1S/C43H48F2N8O7S/c1-3-51(2)61(57,58)50-37-13-11-34(44)40(33(37)23-46)60-30-9-12-36-32(21-30)42(56)53(25-47-36)29-22-43(59-24-29)16-18-52(19-17-43)28-7-4-26(5-8-28)31-10-6-27(20-35(31)45)48-38-14-15-39(54)49-41(38)55/h6,9-13,20-21,25-26,28-29,38,48,50H,3-5,7-8,14-19,22,24H2,1-2H3,(H,49,54,55)/t26?,28?,29?,38-/m0/s1. The van der Waals surface area contributed by atoms with Crippen LogP contribution in [0, 0.1) is 23.0 Å². The minimum Gasteiger partial charge on any atom is -0.453 e. The summed E-state index contributed by atoms with van der Waals surface area (Å²) in [6, 6.07) is 13.1. The van der Waals surface area contributed by atoms with Crippen molar-refractivity contribution in [3.05, 3.63) is 88.0 Å². The van der Waals surface area contributed by atoms with Crippen LogP contribution in [0.25, 0.3) is 10.9 Å². The molecule has 322 valence electrons. The molecule has 1 unspecified atom stereocenters. The van der Waals surface area contributed by atoms with E-state index in [1.807, 2.05) is 18.2 Å². The molecule has 3 saturated heterocycles. The summed E-state index contributed by atoms with van der Waals surface area (Å²) in [6.07, 6.45) is 8.03. The van der Waals surface area contributed by atoms with E-state index in [4.69, 9.17) is 9.47 Å². The normalized spacial score (nSPS) is 23.2. The summed E-state index contributed by atoms with van der Waals surface area (Å²) < 4.78 is 73.0. The summed E-state index contributed by atoms with van der Waals surface area (Å²) in [5.41, 5.74) is 0.389. The SMILES string of the molecule is CCN(C)S(=O)(=O)Nc1ccc(F)c(Oc2ccc3ncn(C4COC5(CCN(C6CCC(c7ccc(N[C@H]8CCC(=O)NC8=O)cc7F)CC6)CC5)C4)c(=O)c3c2)c1C#N. The van der Waals surface area contributed by atoms with Gasteiger partial charge in [-0.1, -0.05) is 13.0 Å². The van der Waals surface area contributed by atoms with Gasteiger partial charge in [-0.3, -0.25) is 29.0 Å². The molecule has 18 heteroatoms. The molecule has 2 atom stereocenters. The maximum Gasteiger partial charge on any atom is 0.301 e. The van der Waals surface area contributed by atoms with Crippen LogP contribution >= 0.6 is 0 Å². The molecular weight excluding hydrogens is 811 g/mol. The molecule has 15 nitrogen and oxygen atoms in total. The number of ether oxygens (including phenoxy) is 2. The number of hydrogen-bond donors (Lipinski definition) is 3. The molecular formula is C43H48F2N8O7S. The van der Waals surface area contributed by atoms with Gasteiger partial charge < -0.3 is 19.7 Å². The van der Waals surface area contributed by atoms with Crippen molar-refractivity contribution in [2.45, 2.75) is 94.4 Å². The zero-order valence-corrected chi connectivity index (χ0v) is 34.8. The summed E-state index contributed by atoms with van der Waals surface area (Å²) in [7, 11) is -2.66. The summed E-state index contributed by atoms with van der Waals surface area (Å²) >= 11 is 0. The number of hydrogen-bond acceptors (Lipinski definition) is 11. The third kappa shape index (κ3) is 8.69. The highest BCUT2D eigenvalue weighted by Crippen LogP contribution is 2.43. The Bertz CT molecular complexity index is 2570. The Morgan fingerprint density at radius 2 is 1.79 bits per heavy atom. The Morgan fingerprint density at radius 1 is 1.02 bits per heavy atom. The van der Waals surface area contributed by atoms with Crippen molar-refractivity contribution in [2.75, 3.05) is 43.3 Å². The lowest BCUT2D eigenvalue weighted by Crippen LogP contribution is -2.49. The van der Waals surface area contributed by atoms with Crippen LogP contribution in [0.4, 0.5) is 20.2 Å². The van der Waals surface area contributed by atoms with Crippen molar-refractivity contribution in [3.63, 3.8) is 0 Å². The van der Waals surface area contributed by atoms with Crippen LogP contribution in [-0.4, -0.2) is 90.0 Å². The van der Waals surface area contributed by atoms with Gasteiger partial charge >= 0.3 is 10.2 Å². The molecule has 1 aromatic heterocycles. The van der Waals surface area contributed by atoms with Gasteiger partial charge in [0.25, 0.3) is 5.56 Å². The average Bonchev–Trinajstić information content (AvgIpc) is 3.66. The van der Waals surface area contributed by atoms with Gasteiger partial charge in [-0.2, -0.15) is 18.0 Å². The fourth-order valence-corrected chi connectivity index (χ4v) is 10.1. The lowest BCUT2D eigenvalue weighted by Gasteiger charge is -2.44. The van der Waals surface area contributed by atoms with Gasteiger partial charge in [-0.05, 0) is 105 Å². The first-order valence-electron chi connectivity index (χ1n) is 20.7. The highest BCUT2D eigenvalue weighted by atomic mass is 32.2. The molecule has 3 aromatic carbocycles. The van der Waals surface area contributed by atoms with E-state index in [1.165, 1.54) is 31.6 Å². The molecule has 1 aliphatic carbocycles. The van der Waals surface area contributed by atoms with Gasteiger partial charge in [0.05, 0.1) is 41.2 Å². The predicted molar refractivity (Wildman–Crippen MR) is 222 cm³/mol. The van der Waals surface area contributed by atoms with Crippen molar-refractivity contribution in [1.29, 1.82) is 5.26 Å². The molecule has 4 fully saturated rings. The van der Waals surface area contributed by atoms with E-state index >= 15 is 8.78 Å². The van der Waals surface area contributed by atoms with Crippen molar-refractivity contribution in [2.24, 2.45) is 0 Å². The molecule has 0 bridgehead atoms. The maximum atomic E-state index is 15.4. The molecule has 3 aliphatic heterocycles. The van der Waals surface area contributed by atoms with E-state index in [0.29, 0.717) is 42.3 Å². The Balaban J connectivity index is 0.878. The molecule has 3 N–H and O–H groups in total. The number of likely N-dealkylation sites (tertiary alicyclic amines) is 1. The summed E-state index contributed by atoms with van der Waals surface area (Å²) in [6.45, 7) is 3.85. The first-order valence-corrected chi connectivity index (χ1v) is 22.1. The average molecular weight is 859 g/mol. The van der Waals surface area contributed by atoms with Crippen molar-refractivity contribution < 1.29 is 36.3 Å². The molecule has 4 aliphatic rings. The monoisotopic (exact) mass is 858 g/mol. The Labute approximate surface area is 352 Å². The lowest BCUT2D eigenvalue weighted by atomic mass is 9.79. The van der Waals surface area contributed by atoms with Crippen LogP contribution in [0.2, 0.25) is 0 Å². The Kier molecular flexibility index (Phi) is 11.8. The minimum atomic E-state index is -4.02. The largest absolute Gasteiger partial charge is 0.453 e. The number of carbonyl (C=O) groups is 2. The number of amides is 2. The van der Waals surface area contributed by atoms with E-state index in [9.17, 15) is 28.1 Å². The van der Waals surface area contributed by atoms with E-state index in [0.717, 1.165) is 68.1 Å². The van der Waals surface area contributed by atoms with E-state index in [2.05, 4.69) is 25.2 Å². The second kappa shape index (κ2) is 17.1. The zero-order chi connectivity index (χ0) is 43.1. The Hall–Kier alpha value is -5.48. The topological polar surface area (TPSA) is 188 Å². The number of fused-ring (bicyclic) bond motifs is 1. The fraction of sp³-hybridized carbons (Fsp3) is 0.465. The zero-order valence-electron chi connectivity index (χ0n) is 34.0. The number of piperidine rings is 2. The summed E-state index contributed by atoms with van der Waals surface area (Å²) in [4.78, 5) is 44.6.